The van der Waals surface area contributed by atoms with Gasteiger partial charge in [0.05, 0.1) is 10.7 Å². The maximum absolute atomic E-state index is 6.22. The third-order valence-corrected chi connectivity index (χ3v) is 5.71. The van der Waals surface area contributed by atoms with E-state index in [-0.39, 0.29) is 0 Å². The molecule has 0 aliphatic heterocycles. The zero-order chi connectivity index (χ0) is 20.1. The van der Waals surface area contributed by atoms with Gasteiger partial charge in [-0.3, -0.25) is 0 Å². The normalized spacial score (nSPS) is 10.6. The number of hydrogen-bond donors (Lipinski definition) is 1. The number of halogens is 3. The fourth-order valence-electron chi connectivity index (χ4n) is 2.76. The van der Waals surface area contributed by atoms with Crippen molar-refractivity contribution in [1.29, 1.82) is 0 Å². The smallest absolute Gasteiger partial charge is 0.174 e. The van der Waals surface area contributed by atoms with E-state index in [2.05, 4.69) is 40.9 Å². The summed E-state index contributed by atoms with van der Waals surface area (Å²) in [6, 6.07) is 17.5. The molecule has 0 radical (unpaired) electrons. The van der Waals surface area contributed by atoms with Crippen LogP contribution in [0.1, 0.15) is 16.7 Å². The van der Waals surface area contributed by atoms with Gasteiger partial charge in [0.1, 0.15) is 6.61 Å². The second-order valence-corrected chi connectivity index (χ2v) is 8.31. The first-order valence-electron chi connectivity index (χ1n) is 8.70. The maximum Gasteiger partial charge on any atom is 0.174 e. The highest BCUT2D eigenvalue weighted by atomic mass is 127. The molecule has 3 nitrogen and oxygen atoms in total. The second kappa shape index (κ2) is 9.72. The summed E-state index contributed by atoms with van der Waals surface area (Å²) in [6.07, 6.45) is 0. The fourth-order valence-corrected chi connectivity index (χ4v) is 3.95. The first-order chi connectivity index (χ1) is 13.5. The number of hydrogen-bond acceptors (Lipinski definition) is 3. The van der Waals surface area contributed by atoms with Crippen LogP contribution in [0.5, 0.6) is 11.5 Å². The molecule has 146 valence electrons. The lowest BCUT2D eigenvalue weighted by atomic mass is 10.1. The molecule has 28 heavy (non-hydrogen) atoms. The monoisotopic (exact) mass is 527 g/mol. The highest BCUT2D eigenvalue weighted by Gasteiger charge is 2.13. The minimum Gasteiger partial charge on any atom is -0.493 e. The summed E-state index contributed by atoms with van der Waals surface area (Å²) in [5.41, 5.74) is 4.18. The Hall–Kier alpha value is -1.63. The van der Waals surface area contributed by atoms with Crippen LogP contribution in [0.4, 0.5) is 5.69 Å². The Bertz CT molecular complexity index is 979. The van der Waals surface area contributed by atoms with E-state index >= 15 is 0 Å². The minimum atomic E-state index is 0.380. The van der Waals surface area contributed by atoms with Crippen LogP contribution < -0.4 is 14.8 Å². The average molecular weight is 528 g/mol. The first kappa shape index (κ1) is 21.1. The third kappa shape index (κ3) is 5.25. The van der Waals surface area contributed by atoms with Gasteiger partial charge in [-0.15, -0.1) is 0 Å². The quantitative estimate of drug-likeness (QED) is 0.332. The lowest BCUT2D eigenvalue weighted by molar-refractivity contribution is 0.282. The van der Waals surface area contributed by atoms with Crippen LogP contribution in [0.15, 0.2) is 54.6 Å². The summed E-state index contributed by atoms with van der Waals surface area (Å²) in [5.74, 6) is 1.41. The van der Waals surface area contributed by atoms with Gasteiger partial charge in [0.15, 0.2) is 11.5 Å². The van der Waals surface area contributed by atoms with E-state index < -0.39 is 0 Å². The van der Waals surface area contributed by atoms with Crippen LogP contribution in [0.2, 0.25) is 10.0 Å². The zero-order valence-electron chi connectivity index (χ0n) is 15.6. The van der Waals surface area contributed by atoms with E-state index in [1.165, 1.54) is 0 Å². The van der Waals surface area contributed by atoms with E-state index in [0.29, 0.717) is 34.7 Å². The Morgan fingerprint density at radius 3 is 2.57 bits per heavy atom. The van der Waals surface area contributed by atoms with E-state index in [9.17, 15) is 0 Å². The van der Waals surface area contributed by atoms with E-state index in [0.717, 1.165) is 25.9 Å². The van der Waals surface area contributed by atoms with Crippen molar-refractivity contribution in [2.75, 3.05) is 12.4 Å². The van der Waals surface area contributed by atoms with Crippen LogP contribution in [-0.2, 0) is 13.2 Å². The molecule has 3 aromatic carbocycles. The molecule has 0 saturated heterocycles. The molecule has 0 aliphatic rings. The molecule has 3 aromatic rings. The summed E-state index contributed by atoms with van der Waals surface area (Å²) < 4.78 is 12.6. The van der Waals surface area contributed by atoms with Crippen LogP contribution in [-0.4, -0.2) is 7.11 Å². The number of ether oxygens (including phenoxy) is 2. The topological polar surface area (TPSA) is 30.5 Å². The number of rotatable bonds is 7. The van der Waals surface area contributed by atoms with Gasteiger partial charge in [0.2, 0.25) is 0 Å². The Morgan fingerprint density at radius 1 is 1.04 bits per heavy atom. The molecular weight excluding hydrogens is 508 g/mol. The predicted molar refractivity (Wildman–Crippen MR) is 125 cm³/mol. The molecule has 0 aliphatic carbocycles. The van der Waals surface area contributed by atoms with Crippen LogP contribution in [0.25, 0.3) is 0 Å². The van der Waals surface area contributed by atoms with Crippen molar-refractivity contribution in [3.8, 4) is 11.5 Å². The minimum absolute atomic E-state index is 0.380. The Labute approximate surface area is 189 Å². The number of methoxy groups -OCH3 is 1. The van der Waals surface area contributed by atoms with E-state index in [1.807, 2.05) is 48.5 Å². The Balaban J connectivity index is 1.75. The van der Waals surface area contributed by atoms with Gasteiger partial charge in [0, 0.05) is 27.8 Å². The van der Waals surface area contributed by atoms with Gasteiger partial charge in [-0.2, -0.15) is 0 Å². The number of benzene rings is 3. The van der Waals surface area contributed by atoms with Gasteiger partial charge in [0.25, 0.3) is 0 Å². The number of nitrogens with one attached hydrogen (secondary N) is 1. The van der Waals surface area contributed by atoms with Crippen LogP contribution in [0.3, 0.4) is 0 Å². The fraction of sp³-hybridized carbons (Fsp3) is 0.182. The highest BCUT2D eigenvalue weighted by molar-refractivity contribution is 14.1. The lowest BCUT2D eigenvalue weighted by Gasteiger charge is -2.16. The molecule has 6 heteroatoms. The van der Waals surface area contributed by atoms with Crippen LogP contribution >= 0.6 is 45.8 Å². The molecule has 3 rings (SSSR count). The number of aryl methyl sites for hydroxylation is 1. The van der Waals surface area contributed by atoms with Crippen molar-refractivity contribution < 1.29 is 9.47 Å². The largest absolute Gasteiger partial charge is 0.493 e. The Morgan fingerprint density at radius 2 is 1.82 bits per heavy atom. The first-order valence-corrected chi connectivity index (χ1v) is 10.5. The highest BCUT2D eigenvalue weighted by Crippen LogP contribution is 2.35. The van der Waals surface area contributed by atoms with Crippen molar-refractivity contribution in [3.05, 3.63) is 84.9 Å². The summed E-state index contributed by atoms with van der Waals surface area (Å²) in [4.78, 5) is 0. The molecule has 0 atom stereocenters. The number of anilines is 1. The average Bonchev–Trinajstić information content (AvgIpc) is 2.68. The van der Waals surface area contributed by atoms with Crippen molar-refractivity contribution in [1.82, 2.24) is 0 Å². The van der Waals surface area contributed by atoms with Gasteiger partial charge in [-0.25, -0.2) is 0 Å². The standard InChI is InChI=1S/C22H20Cl2INO2/c1-14-7-8-17(23)11-20(14)26-12-15-9-19(25)22(21(10-15)27-2)28-13-16-5-3-4-6-18(16)24/h3-11,26H,12-13H2,1-2H3. The SMILES string of the molecule is COc1cc(CNc2cc(Cl)ccc2C)cc(I)c1OCc1ccccc1Cl. The molecule has 0 heterocycles. The predicted octanol–water partition coefficient (Wildman–Crippen LogP) is 7.11. The molecule has 0 amide bonds. The second-order valence-electron chi connectivity index (χ2n) is 6.30. The molecule has 0 saturated carbocycles. The summed E-state index contributed by atoms with van der Waals surface area (Å²) >= 11 is 14.6. The van der Waals surface area contributed by atoms with Crippen LogP contribution in [0, 0.1) is 10.5 Å². The maximum atomic E-state index is 6.22. The van der Waals surface area contributed by atoms with Gasteiger partial charge >= 0.3 is 0 Å². The van der Waals surface area contributed by atoms with Crippen molar-refractivity contribution in [2.24, 2.45) is 0 Å². The molecule has 1 N–H and O–H groups in total. The van der Waals surface area contributed by atoms with E-state index in [1.54, 1.807) is 7.11 Å². The van der Waals surface area contributed by atoms with Gasteiger partial charge < -0.3 is 14.8 Å². The van der Waals surface area contributed by atoms with E-state index in [4.69, 9.17) is 32.7 Å². The van der Waals surface area contributed by atoms with Crippen molar-refractivity contribution in [2.45, 2.75) is 20.1 Å². The van der Waals surface area contributed by atoms with Gasteiger partial charge in [-0.1, -0.05) is 47.5 Å². The summed E-state index contributed by atoms with van der Waals surface area (Å²) in [5, 5.41) is 4.83. The summed E-state index contributed by atoms with van der Waals surface area (Å²) in [6.45, 7) is 3.08. The molecule has 0 bridgehead atoms. The lowest BCUT2D eigenvalue weighted by Crippen LogP contribution is -2.04. The third-order valence-electron chi connectivity index (χ3n) is 4.30. The summed E-state index contributed by atoms with van der Waals surface area (Å²) in [7, 11) is 1.64. The van der Waals surface area contributed by atoms with Gasteiger partial charge in [-0.05, 0) is 71.0 Å². The van der Waals surface area contributed by atoms with Crippen molar-refractivity contribution in [3.63, 3.8) is 0 Å². The van der Waals surface area contributed by atoms with Crippen molar-refractivity contribution >= 4 is 51.5 Å². The molecule has 0 fully saturated rings. The molecule has 0 spiro atoms. The Kier molecular flexibility index (Phi) is 7.32. The molecule has 0 aromatic heterocycles. The zero-order valence-corrected chi connectivity index (χ0v) is 19.2. The molecule has 0 unspecified atom stereocenters. The molecular formula is C22H20Cl2INO2.